The predicted octanol–water partition coefficient (Wildman–Crippen LogP) is 5.99. The van der Waals surface area contributed by atoms with Crippen molar-refractivity contribution in [3.05, 3.63) is 0 Å². The molecule has 0 aromatic heterocycles. The van der Waals surface area contributed by atoms with E-state index in [0.717, 1.165) is 0 Å². The topological polar surface area (TPSA) is 0 Å². The van der Waals surface area contributed by atoms with Gasteiger partial charge in [0.05, 0.1) is 0 Å². The summed E-state index contributed by atoms with van der Waals surface area (Å²) in [7, 11) is 0. The van der Waals surface area contributed by atoms with E-state index >= 15 is 0 Å². The molecule has 14 heavy (non-hydrogen) atoms. The Morgan fingerprint density at radius 1 is 1.07 bits per heavy atom. The third kappa shape index (κ3) is 5.88. The van der Waals surface area contributed by atoms with Gasteiger partial charge in [-0.3, -0.25) is 0 Å². The quantitative estimate of drug-likeness (QED) is 0.495. The van der Waals surface area contributed by atoms with Crippen LogP contribution < -0.4 is 0 Å². The Morgan fingerprint density at radius 2 is 1.36 bits per heavy atom. The van der Waals surface area contributed by atoms with Gasteiger partial charge in [0, 0.05) is 0 Å². The van der Waals surface area contributed by atoms with Crippen molar-refractivity contribution >= 4 is 57.5 Å². The summed E-state index contributed by atoms with van der Waals surface area (Å²) in [5, 5.41) is 0.443. The Kier molecular flexibility index (Phi) is 7.55. The first-order valence-corrected chi connectivity index (χ1v) is 11.8. The van der Waals surface area contributed by atoms with Crippen LogP contribution in [0.3, 0.4) is 0 Å². The highest BCUT2D eigenvalue weighted by atomic mass is 36.0. The third-order valence-electron chi connectivity index (χ3n) is 2.51. The van der Waals surface area contributed by atoms with E-state index in [9.17, 15) is 0 Å². The molecule has 1 aliphatic heterocycles. The summed E-state index contributed by atoms with van der Waals surface area (Å²) in [6.45, 7) is 6.96. The van der Waals surface area contributed by atoms with Gasteiger partial charge in [0.2, 0.25) is 0 Å². The van der Waals surface area contributed by atoms with Gasteiger partial charge in [-0.15, -0.1) is 0 Å². The highest BCUT2D eigenvalue weighted by Gasteiger charge is 2.33. The van der Waals surface area contributed by atoms with Crippen molar-refractivity contribution in [2.24, 2.45) is 0 Å². The molecule has 0 radical (unpaired) electrons. The van der Waals surface area contributed by atoms with Crippen LogP contribution in [-0.2, 0) is 11.8 Å². The van der Waals surface area contributed by atoms with E-state index in [1.54, 1.807) is 0 Å². The number of hydrogen-bond acceptors (Lipinski definition) is 1. The molecule has 0 bridgehead atoms. The van der Waals surface area contributed by atoms with Crippen LogP contribution in [0.15, 0.2) is 0 Å². The van der Waals surface area contributed by atoms with Crippen molar-refractivity contribution in [3.63, 3.8) is 0 Å². The molecule has 0 N–H and O–H groups in total. The van der Waals surface area contributed by atoms with Crippen LogP contribution in [-0.4, -0.2) is 17.5 Å². The van der Waals surface area contributed by atoms with Crippen LogP contribution in [0.4, 0.5) is 0 Å². The van der Waals surface area contributed by atoms with Crippen LogP contribution in [0.2, 0.25) is 0 Å². The molecule has 0 atom stereocenters. The molecule has 1 rings (SSSR count). The van der Waals surface area contributed by atoms with Crippen LogP contribution in [0.5, 0.6) is 0 Å². The van der Waals surface area contributed by atoms with Crippen molar-refractivity contribution in [2.75, 3.05) is 12.3 Å². The zero-order chi connectivity index (χ0) is 11.4. The SMILES string of the molecule is CC(C)(C)P1(=S)CCCC1.ClP(Cl)Cl. The highest BCUT2D eigenvalue weighted by Crippen LogP contribution is 2.62. The van der Waals surface area contributed by atoms with E-state index in [1.807, 2.05) is 0 Å². The van der Waals surface area contributed by atoms with Crippen molar-refractivity contribution < 1.29 is 0 Å². The van der Waals surface area contributed by atoms with E-state index in [4.69, 9.17) is 45.5 Å². The van der Waals surface area contributed by atoms with Crippen molar-refractivity contribution in [2.45, 2.75) is 38.8 Å². The molecule has 0 unspecified atom stereocenters. The fraction of sp³-hybridized carbons (Fsp3) is 1.00. The molecule has 6 heteroatoms. The minimum Gasteiger partial charge on any atom is -0.0969 e. The summed E-state index contributed by atoms with van der Waals surface area (Å²) < 4.78 is 0. The zero-order valence-corrected chi connectivity index (χ0v) is 13.6. The summed E-state index contributed by atoms with van der Waals surface area (Å²) >= 11 is 20.3. The first kappa shape index (κ1) is 16.0. The van der Waals surface area contributed by atoms with Crippen LogP contribution in [0.1, 0.15) is 33.6 Å². The molecule has 1 aliphatic rings. The summed E-state index contributed by atoms with van der Waals surface area (Å²) in [6.07, 6.45) is 5.53. The van der Waals surface area contributed by atoms with E-state index in [1.165, 1.54) is 25.2 Å². The van der Waals surface area contributed by atoms with Gasteiger partial charge in [0.25, 0.3) is 0 Å². The summed E-state index contributed by atoms with van der Waals surface area (Å²) in [5.41, 5.74) is 0. The predicted molar refractivity (Wildman–Crippen MR) is 77.5 cm³/mol. The molecular weight excluding hydrogens is 296 g/mol. The second kappa shape index (κ2) is 6.63. The van der Waals surface area contributed by atoms with Gasteiger partial charge in [-0.1, -0.05) is 66.3 Å². The fourth-order valence-corrected chi connectivity index (χ4v) is 5.33. The molecule has 0 nitrogen and oxygen atoms in total. The number of halogens is 3. The van der Waals surface area contributed by atoms with Crippen LogP contribution in [0.25, 0.3) is 0 Å². The number of hydrogen-bond donors (Lipinski definition) is 0. The third-order valence-corrected chi connectivity index (χ3v) is 9.77. The fourth-order valence-electron chi connectivity index (χ4n) is 1.52. The maximum absolute atomic E-state index is 5.72. The van der Waals surface area contributed by atoms with Gasteiger partial charge in [-0.25, -0.2) is 0 Å². The lowest BCUT2D eigenvalue weighted by atomic mass is 10.3. The smallest absolute Gasteiger partial charge is 0.0969 e. The molecule has 1 fully saturated rings. The minimum atomic E-state index is -1.20. The lowest BCUT2D eigenvalue weighted by Crippen LogP contribution is -2.15. The van der Waals surface area contributed by atoms with Crippen molar-refractivity contribution in [1.29, 1.82) is 0 Å². The first-order chi connectivity index (χ1) is 6.19. The molecule has 86 valence electrons. The Labute approximate surface area is 108 Å². The molecule has 1 saturated heterocycles. The van der Waals surface area contributed by atoms with Gasteiger partial charge >= 0.3 is 0 Å². The molecule has 0 amide bonds. The Balaban J connectivity index is 0.000000364. The monoisotopic (exact) mass is 312 g/mol. The van der Waals surface area contributed by atoms with Gasteiger partial charge in [0.1, 0.15) is 0 Å². The standard InChI is InChI=1S/C8H17PS.Cl3P/c1-8(2,3)9(10)6-4-5-7-9;1-4(2)3/h4-7H2,1-3H3;. The normalized spacial score (nSPS) is 20.5. The zero-order valence-electron chi connectivity index (χ0n) is 8.76. The Hall–Kier alpha value is 1.95. The molecule has 0 spiro atoms. The Bertz CT molecular complexity index is 200. The van der Waals surface area contributed by atoms with E-state index < -0.39 is 12.0 Å². The summed E-state index contributed by atoms with van der Waals surface area (Å²) in [4.78, 5) is 0. The molecular formula is C8H17Cl3P2S. The lowest BCUT2D eigenvalue weighted by molar-refractivity contribution is 0.782. The minimum absolute atomic E-state index is 0.443. The maximum atomic E-state index is 5.72. The second-order valence-electron chi connectivity index (χ2n) is 4.41. The molecule has 0 saturated carbocycles. The van der Waals surface area contributed by atoms with Crippen molar-refractivity contribution in [1.82, 2.24) is 0 Å². The second-order valence-corrected chi connectivity index (χ2v) is 15.5. The van der Waals surface area contributed by atoms with Crippen molar-refractivity contribution in [3.8, 4) is 0 Å². The average Bonchev–Trinajstić information content (AvgIpc) is 2.33. The molecule has 0 aromatic carbocycles. The van der Waals surface area contributed by atoms with E-state index in [0.29, 0.717) is 5.16 Å². The molecule has 0 aromatic rings. The lowest BCUT2D eigenvalue weighted by Gasteiger charge is -2.31. The van der Waals surface area contributed by atoms with Crippen LogP contribution in [0, 0.1) is 0 Å². The first-order valence-electron chi connectivity index (χ1n) is 4.55. The van der Waals surface area contributed by atoms with Gasteiger partial charge in [-0.2, -0.15) is 0 Å². The van der Waals surface area contributed by atoms with Gasteiger partial charge in [0.15, 0.2) is 5.98 Å². The van der Waals surface area contributed by atoms with Gasteiger partial charge in [-0.05, 0) is 36.4 Å². The highest BCUT2D eigenvalue weighted by molar-refractivity contribution is 8.20. The van der Waals surface area contributed by atoms with Crippen LogP contribution >= 0.6 is 45.7 Å². The van der Waals surface area contributed by atoms with Gasteiger partial charge < -0.3 is 0 Å². The molecule has 1 heterocycles. The molecule has 0 aliphatic carbocycles. The van der Waals surface area contributed by atoms with E-state index in [2.05, 4.69) is 20.8 Å². The number of rotatable bonds is 0. The average molecular weight is 314 g/mol. The maximum Gasteiger partial charge on any atom is 0.179 e. The summed E-state index contributed by atoms with van der Waals surface area (Å²) in [6, 6.07) is -0.921. The van der Waals surface area contributed by atoms with E-state index in [-0.39, 0.29) is 0 Å². The largest absolute Gasteiger partial charge is 0.179 e. The summed E-state index contributed by atoms with van der Waals surface area (Å²) in [5.74, 6) is -1.20. The Morgan fingerprint density at radius 3 is 1.50 bits per heavy atom.